The average Bonchev–Trinajstić information content (AvgIpc) is 2.09. The van der Waals surface area contributed by atoms with E-state index >= 15 is 0 Å². The van der Waals surface area contributed by atoms with Crippen LogP contribution < -0.4 is 5.32 Å². The second-order valence-corrected chi connectivity index (χ2v) is 3.82. The van der Waals surface area contributed by atoms with Gasteiger partial charge in [-0.05, 0) is 19.8 Å². The van der Waals surface area contributed by atoms with Gasteiger partial charge in [0.15, 0.2) is 0 Å². The summed E-state index contributed by atoms with van der Waals surface area (Å²) < 4.78 is 0. The molecule has 0 aliphatic heterocycles. The molecule has 0 aromatic carbocycles. The standard InChI is InChI=1S/C11H25NO/c1-4-6-8-11(9-7-5-2)12-10(3)13/h10-13H,4-9H2,1-3H3. The van der Waals surface area contributed by atoms with Gasteiger partial charge >= 0.3 is 0 Å². The third kappa shape index (κ3) is 8.26. The fourth-order valence-electron chi connectivity index (χ4n) is 1.55. The fraction of sp³-hybridized carbons (Fsp3) is 1.00. The first kappa shape index (κ1) is 12.9. The number of hydrogen-bond acceptors (Lipinski definition) is 2. The van der Waals surface area contributed by atoms with Crippen molar-refractivity contribution in [3.05, 3.63) is 0 Å². The lowest BCUT2D eigenvalue weighted by molar-refractivity contribution is 0.134. The Hall–Kier alpha value is -0.0800. The van der Waals surface area contributed by atoms with Crippen LogP contribution in [-0.4, -0.2) is 17.4 Å². The van der Waals surface area contributed by atoms with E-state index in [2.05, 4.69) is 19.2 Å². The summed E-state index contributed by atoms with van der Waals surface area (Å²) in [7, 11) is 0. The van der Waals surface area contributed by atoms with Gasteiger partial charge < -0.3 is 5.11 Å². The summed E-state index contributed by atoms with van der Waals surface area (Å²) >= 11 is 0. The van der Waals surface area contributed by atoms with Gasteiger partial charge in [0.2, 0.25) is 0 Å². The molecule has 0 amide bonds. The van der Waals surface area contributed by atoms with Gasteiger partial charge in [0, 0.05) is 6.04 Å². The zero-order valence-corrected chi connectivity index (χ0v) is 9.34. The van der Waals surface area contributed by atoms with Crippen LogP contribution in [0.2, 0.25) is 0 Å². The Kier molecular flexibility index (Phi) is 8.46. The Labute approximate surface area is 82.7 Å². The molecule has 0 fully saturated rings. The van der Waals surface area contributed by atoms with Gasteiger partial charge in [-0.3, -0.25) is 5.32 Å². The first-order valence-electron chi connectivity index (χ1n) is 5.64. The fourth-order valence-corrected chi connectivity index (χ4v) is 1.55. The highest BCUT2D eigenvalue weighted by Crippen LogP contribution is 2.08. The Balaban J connectivity index is 3.60. The zero-order valence-electron chi connectivity index (χ0n) is 9.34. The molecule has 2 N–H and O–H groups in total. The molecule has 80 valence electrons. The van der Waals surface area contributed by atoms with Crippen LogP contribution in [0.25, 0.3) is 0 Å². The monoisotopic (exact) mass is 187 g/mol. The Morgan fingerprint density at radius 3 is 1.85 bits per heavy atom. The van der Waals surface area contributed by atoms with E-state index in [0.29, 0.717) is 6.04 Å². The van der Waals surface area contributed by atoms with Crippen molar-refractivity contribution in [3.8, 4) is 0 Å². The maximum absolute atomic E-state index is 9.21. The molecule has 0 bridgehead atoms. The van der Waals surface area contributed by atoms with Gasteiger partial charge in [0.1, 0.15) is 6.23 Å². The Morgan fingerprint density at radius 1 is 1.08 bits per heavy atom. The zero-order chi connectivity index (χ0) is 10.1. The highest BCUT2D eigenvalue weighted by molar-refractivity contribution is 4.66. The molecule has 1 unspecified atom stereocenters. The van der Waals surface area contributed by atoms with E-state index < -0.39 is 0 Å². The molecule has 0 rings (SSSR count). The van der Waals surface area contributed by atoms with Crippen molar-refractivity contribution >= 4 is 0 Å². The minimum atomic E-state index is -0.362. The van der Waals surface area contributed by atoms with Crippen LogP contribution in [0.4, 0.5) is 0 Å². The minimum absolute atomic E-state index is 0.362. The number of hydrogen-bond donors (Lipinski definition) is 2. The Bertz CT molecular complexity index is 96.3. The second-order valence-electron chi connectivity index (χ2n) is 3.82. The van der Waals surface area contributed by atoms with Gasteiger partial charge in [-0.25, -0.2) is 0 Å². The molecule has 0 saturated heterocycles. The summed E-state index contributed by atoms with van der Waals surface area (Å²) in [6, 6.07) is 0.514. The van der Waals surface area contributed by atoms with Gasteiger partial charge in [-0.1, -0.05) is 39.5 Å². The number of aliphatic hydroxyl groups excluding tert-OH is 1. The van der Waals surface area contributed by atoms with Crippen molar-refractivity contribution in [2.75, 3.05) is 0 Å². The molecule has 2 heteroatoms. The SMILES string of the molecule is CCCCC(CCCC)NC(C)O. The predicted octanol–water partition coefficient (Wildman–Crippen LogP) is 2.66. The first-order valence-corrected chi connectivity index (χ1v) is 5.64. The normalized spacial score (nSPS) is 13.6. The predicted molar refractivity (Wildman–Crippen MR) is 57.7 cm³/mol. The van der Waals surface area contributed by atoms with Crippen molar-refractivity contribution in [2.45, 2.75) is 71.6 Å². The average molecular weight is 187 g/mol. The summed E-state index contributed by atoms with van der Waals surface area (Å²) in [6.07, 6.45) is 7.03. The van der Waals surface area contributed by atoms with E-state index in [1.807, 2.05) is 0 Å². The van der Waals surface area contributed by atoms with E-state index in [4.69, 9.17) is 0 Å². The summed E-state index contributed by atoms with van der Waals surface area (Å²) in [5.41, 5.74) is 0. The molecule has 0 aliphatic rings. The molecule has 2 nitrogen and oxygen atoms in total. The largest absolute Gasteiger partial charge is 0.379 e. The smallest absolute Gasteiger partial charge is 0.102 e. The van der Waals surface area contributed by atoms with Gasteiger partial charge in [0.05, 0.1) is 0 Å². The van der Waals surface area contributed by atoms with Gasteiger partial charge in [-0.15, -0.1) is 0 Å². The van der Waals surface area contributed by atoms with E-state index in [0.717, 1.165) is 0 Å². The number of aliphatic hydroxyl groups is 1. The van der Waals surface area contributed by atoms with E-state index in [-0.39, 0.29) is 6.23 Å². The summed E-state index contributed by atoms with van der Waals surface area (Å²) in [4.78, 5) is 0. The molecule has 13 heavy (non-hydrogen) atoms. The summed E-state index contributed by atoms with van der Waals surface area (Å²) in [5.74, 6) is 0. The molecule has 0 heterocycles. The molecular weight excluding hydrogens is 162 g/mol. The Morgan fingerprint density at radius 2 is 1.54 bits per heavy atom. The van der Waals surface area contributed by atoms with E-state index in [9.17, 15) is 5.11 Å². The van der Waals surface area contributed by atoms with Gasteiger partial charge in [-0.2, -0.15) is 0 Å². The quantitative estimate of drug-likeness (QED) is 0.573. The summed E-state index contributed by atoms with van der Waals surface area (Å²) in [5, 5.41) is 12.4. The van der Waals surface area contributed by atoms with Crippen LogP contribution in [0, 0.1) is 0 Å². The third-order valence-corrected chi connectivity index (χ3v) is 2.29. The third-order valence-electron chi connectivity index (χ3n) is 2.29. The minimum Gasteiger partial charge on any atom is -0.379 e. The molecule has 1 atom stereocenters. The van der Waals surface area contributed by atoms with Crippen LogP contribution in [0.1, 0.15) is 59.3 Å². The van der Waals surface area contributed by atoms with Crippen molar-refractivity contribution in [2.24, 2.45) is 0 Å². The highest BCUT2D eigenvalue weighted by atomic mass is 16.3. The molecular formula is C11H25NO. The van der Waals surface area contributed by atoms with Crippen molar-refractivity contribution in [1.29, 1.82) is 0 Å². The van der Waals surface area contributed by atoms with Crippen molar-refractivity contribution in [3.63, 3.8) is 0 Å². The molecule has 0 aliphatic carbocycles. The van der Waals surface area contributed by atoms with Crippen LogP contribution in [0.15, 0.2) is 0 Å². The molecule has 0 spiro atoms. The summed E-state index contributed by atoms with van der Waals surface area (Å²) in [6.45, 7) is 6.21. The first-order chi connectivity index (χ1) is 6.20. The van der Waals surface area contributed by atoms with Crippen molar-refractivity contribution < 1.29 is 5.11 Å². The number of rotatable bonds is 8. The second kappa shape index (κ2) is 8.52. The lowest BCUT2D eigenvalue weighted by Crippen LogP contribution is -2.36. The number of unbranched alkanes of at least 4 members (excludes halogenated alkanes) is 2. The molecule has 0 aromatic rings. The van der Waals surface area contributed by atoms with E-state index in [1.165, 1.54) is 38.5 Å². The van der Waals surface area contributed by atoms with Crippen LogP contribution in [0.3, 0.4) is 0 Å². The maximum Gasteiger partial charge on any atom is 0.102 e. The lowest BCUT2D eigenvalue weighted by atomic mass is 10.0. The van der Waals surface area contributed by atoms with E-state index in [1.54, 1.807) is 6.92 Å². The molecule has 0 aromatic heterocycles. The van der Waals surface area contributed by atoms with Crippen molar-refractivity contribution in [1.82, 2.24) is 5.32 Å². The topological polar surface area (TPSA) is 32.3 Å². The maximum atomic E-state index is 9.21. The lowest BCUT2D eigenvalue weighted by Gasteiger charge is -2.20. The van der Waals surface area contributed by atoms with Crippen LogP contribution in [0.5, 0.6) is 0 Å². The highest BCUT2D eigenvalue weighted by Gasteiger charge is 2.08. The molecule has 0 saturated carbocycles. The number of nitrogens with one attached hydrogen (secondary N) is 1. The van der Waals surface area contributed by atoms with Crippen LogP contribution >= 0.6 is 0 Å². The van der Waals surface area contributed by atoms with Gasteiger partial charge in [0.25, 0.3) is 0 Å². The molecule has 0 radical (unpaired) electrons. The van der Waals surface area contributed by atoms with Crippen LogP contribution in [-0.2, 0) is 0 Å².